The molecule has 0 bridgehead atoms. The maximum atomic E-state index is 13.0. The maximum Gasteiger partial charge on any atom is 0.275 e. The molecule has 1 fully saturated rings. The number of aromatic amines is 4. The number of amides is 2. The fourth-order valence-corrected chi connectivity index (χ4v) is 4.57. The Hall–Kier alpha value is -4.46. The van der Waals surface area contributed by atoms with Gasteiger partial charge in [-0.15, -0.1) is 0 Å². The van der Waals surface area contributed by atoms with E-state index >= 15 is 0 Å². The van der Waals surface area contributed by atoms with Crippen LogP contribution in [0.1, 0.15) is 46.4 Å². The minimum atomic E-state index is -0.155. The molecule has 0 radical (unpaired) electrons. The van der Waals surface area contributed by atoms with Gasteiger partial charge in [-0.2, -0.15) is 0 Å². The summed E-state index contributed by atoms with van der Waals surface area (Å²) in [7, 11) is 0. The molecule has 0 spiro atoms. The van der Waals surface area contributed by atoms with Crippen molar-refractivity contribution >= 4 is 11.8 Å². The molecule has 4 aromatic heterocycles. The van der Waals surface area contributed by atoms with Crippen LogP contribution in [-0.2, 0) is 0 Å². The van der Waals surface area contributed by atoms with E-state index < -0.39 is 0 Å². The smallest absolute Gasteiger partial charge is 0.275 e. The van der Waals surface area contributed by atoms with Gasteiger partial charge in [0.1, 0.15) is 11.1 Å². The molecule has 180 valence electrons. The first-order chi connectivity index (χ1) is 17.7. The number of aromatic nitrogens is 4. The van der Waals surface area contributed by atoms with Crippen molar-refractivity contribution in [3.63, 3.8) is 0 Å². The molecule has 2 unspecified atom stereocenters. The van der Waals surface area contributed by atoms with Crippen LogP contribution >= 0.6 is 0 Å². The lowest BCUT2D eigenvalue weighted by Gasteiger charge is -2.32. The number of carbonyl (C=O) groups is 2. The van der Waals surface area contributed by atoms with Gasteiger partial charge in [0.05, 0.1) is 0 Å². The summed E-state index contributed by atoms with van der Waals surface area (Å²) < 4.78 is 0. The number of hydrogen-bond donors (Lipinski definition) is 2. The number of rotatable bonds is 6. The van der Waals surface area contributed by atoms with E-state index in [-0.39, 0.29) is 23.9 Å². The highest BCUT2D eigenvalue weighted by atomic mass is 16.2. The highest BCUT2D eigenvalue weighted by molar-refractivity contribution is 5.95. The molecule has 8 heteroatoms. The number of hydrogen-bond acceptors (Lipinski definition) is 2. The molecule has 1 aliphatic carbocycles. The normalized spacial score (nSPS) is 17.2. The Morgan fingerprint density at radius 2 is 1.03 bits per heavy atom. The first-order valence-electron chi connectivity index (χ1n) is 12.3. The van der Waals surface area contributed by atoms with Crippen molar-refractivity contribution in [2.24, 2.45) is 0 Å². The third-order valence-electron chi connectivity index (χ3n) is 6.55. The zero-order valence-electron chi connectivity index (χ0n) is 19.9. The fraction of sp³-hybridized carbons (Fsp3) is 0.214. The maximum absolute atomic E-state index is 13.0. The number of nitrogens with one attached hydrogen (secondary N) is 6. The summed E-state index contributed by atoms with van der Waals surface area (Å²) in [6.45, 7) is 0. The van der Waals surface area contributed by atoms with Gasteiger partial charge in [0.2, 0.25) is 0 Å². The molecule has 4 aromatic rings. The van der Waals surface area contributed by atoms with Crippen LogP contribution in [-0.4, -0.2) is 23.9 Å². The molecule has 36 heavy (non-hydrogen) atoms. The fourth-order valence-electron chi connectivity index (χ4n) is 4.57. The van der Waals surface area contributed by atoms with Crippen molar-refractivity contribution in [1.82, 2.24) is 10.6 Å². The predicted molar refractivity (Wildman–Crippen MR) is 131 cm³/mol. The summed E-state index contributed by atoms with van der Waals surface area (Å²) in [5.74, 6) is -0.310. The van der Waals surface area contributed by atoms with E-state index in [1.807, 2.05) is 60.9 Å². The summed E-state index contributed by atoms with van der Waals surface area (Å²) in [6, 6.07) is 18.8. The lowest BCUT2D eigenvalue weighted by Crippen LogP contribution is -2.53. The van der Waals surface area contributed by atoms with Gasteiger partial charge in [-0.05, 0) is 37.1 Å². The molecule has 0 aliphatic heterocycles. The molecule has 1 aliphatic rings. The van der Waals surface area contributed by atoms with Crippen molar-refractivity contribution in [3.8, 4) is 22.8 Å². The highest BCUT2D eigenvalue weighted by Gasteiger charge is 2.29. The Balaban J connectivity index is 1.22. The minimum absolute atomic E-state index is 0.125. The van der Waals surface area contributed by atoms with E-state index in [4.69, 9.17) is 0 Å². The van der Waals surface area contributed by atoms with Gasteiger partial charge in [-0.1, -0.05) is 12.8 Å². The second-order valence-electron chi connectivity index (χ2n) is 8.98. The van der Waals surface area contributed by atoms with Gasteiger partial charge in [-0.3, -0.25) is 9.59 Å². The lowest BCUT2D eigenvalue weighted by molar-refractivity contribution is -0.402. The second-order valence-corrected chi connectivity index (χ2v) is 8.98. The van der Waals surface area contributed by atoms with E-state index in [0.717, 1.165) is 48.5 Å². The van der Waals surface area contributed by atoms with Crippen molar-refractivity contribution in [1.29, 1.82) is 0 Å². The Kier molecular flexibility index (Phi) is 7.02. The van der Waals surface area contributed by atoms with E-state index in [2.05, 4.69) is 30.6 Å². The molecule has 0 saturated heterocycles. The Bertz CT molecular complexity index is 1210. The molecule has 5 rings (SSSR count). The molecule has 4 heterocycles. The van der Waals surface area contributed by atoms with Crippen molar-refractivity contribution in [2.45, 2.75) is 37.8 Å². The minimum Gasteiger partial charge on any atom is -0.347 e. The van der Waals surface area contributed by atoms with E-state index in [9.17, 15) is 9.59 Å². The average Bonchev–Trinajstić information content (AvgIpc) is 2.95. The molecular weight excluding hydrogens is 452 g/mol. The Labute approximate surface area is 209 Å². The quantitative estimate of drug-likeness (QED) is 0.436. The SMILES string of the molecule is O=C(NC1CCCCC1NC(=O)c1ccc(-c2cccc[nH+]2)[nH+]c1)c1ccc(-c2cccc[nH+]2)[nH+]c1. The zero-order chi connectivity index (χ0) is 24.7. The summed E-state index contributed by atoms with van der Waals surface area (Å²) in [6.07, 6.45) is 10.8. The van der Waals surface area contributed by atoms with Crippen LogP contribution in [0.15, 0.2) is 85.5 Å². The Morgan fingerprint density at radius 1 is 0.583 bits per heavy atom. The van der Waals surface area contributed by atoms with Crippen LogP contribution in [0.2, 0.25) is 0 Å². The van der Waals surface area contributed by atoms with E-state index in [1.54, 1.807) is 24.5 Å². The van der Waals surface area contributed by atoms with E-state index in [1.165, 1.54) is 0 Å². The van der Waals surface area contributed by atoms with Crippen molar-refractivity contribution < 1.29 is 29.5 Å². The van der Waals surface area contributed by atoms with Gasteiger partial charge in [0.15, 0.2) is 24.8 Å². The first kappa shape index (κ1) is 23.3. The zero-order valence-corrected chi connectivity index (χ0v) is 19.9. The van der Waals surface area contributed by atoms with Gasteiger partial charge < -0.3 is 10.6 Å². The molecular formula is C28H30N6O2+4. The topological polar surface area (TPSA) is 115 Å². The summed E-state index contributed by atoms with van der Waals surface area (Å²) >= 11 is 0. The van der Waals surface area contributed by atoms with Crippen LogP contribution in [0.25, 0.3) is 22.8 Å². The number of H-pyrrole nitrogens is 4. The monoisotopic (exact) mass is 482 g/mol. The molecule has 0 aromatic carbocycles. The average molecular weight is 483 g/mol. The van der Waals surface area contributed by atoms with Crippen molar-refractivity contribution in [3.05, 3.63) is 96.6 Å². The molecule has 1 saturated carbocycles. The van der Waals surface area contributed by atoms with Crippen LogP contribution in [0.4, 0.5) is 0 Å². The van der Waals surface area contributed by atoms with Crippen LogP contribution < -0.4 is 30.6 Å². The standard InChI is InChI=1S/C28H26N6O2/c35-27(19-11-13-23(31-17-19)21-7-3-5-15-29-21)33-25-9-1-2-10-26(25)34-28(36)20-12-14-24(32-18-20)22-8-4-6-16-30-22/h3-8,11-18,25-26H,1-2,9-10H2,(H,33,35)(H,34,36)/p+4. The third kappa shape index (κ3) is 5.43. The summed E-state index contributed by atoms with van der Waals surface area (Å²) in [5, 5.41) is 6.28. The largest absolute Gasteiger partial charge is 0.347 e. The van der Waals surface area contributed by atoms with Crippen LogP contribution in [0, 0.1) is 0 Å². The Morgan fingerprint density at radius 3 is 1.39 bits per heavy atom. The van der Waals surface area contributed by atoms with Gasteiger partial charge in [-0.25, -0.2) is 19.9 Å². The molecule has 2 atom stereocenters. The van der Waals surface area contributed by atoms with E-state index in [0.29, 0.717) is 11.1 Å². The lowest BCUT2D eigenvalue weighted by atomic mass is 9.89. The first-order valence-corrected chi connectivity index (χ1v) is 12.3. The van der Waals surface area contributed by atoms with Crippen molar-refractivity contribution in [2.75, 3.05) is 0 Å². The molecule has 8 nitrogen and oxygen atoms in total. The molecule has 2 amide bonds. The highest BCUT2D eigenvalue weighted by Crippen LogP contribution is 2.20. The third-order valence-corrected chi connectivity index (χ3v) is 6.55. The molecule has 6 N–H and O–H groups in total. The predicted octanol–water partition coefficient (Wildman–Crippen LogP) is 1.75. The van der Waals surface area contributed by atoms with Gasteiger partial charge >= 0.3 is 0 Å². The van der Waals surface area contributed by atoms with Crippen LogP contribution in [0.3, 0.4) is 0 Å². The second kappa shape index (κ2) is 10.9. The number of pyridine rings is 4. The van der Waals surface area contributed by atoms with Crippen LogP contribution in [0.5, 0.6) is 0 Å². The van der Waals surface area contributed by atoms with Gasteiger partial charge in [0.25, 0.3) is 34.6 Å². The summed E-state index contributed by atoms with van der Waals surface area (Å²) in [5.41, 5.74) is 4.76. The summed E-state index contributed by atoms with van der Waals surface area (Å²) in [4.78, 5) is 38.7. The van der Waals surface area contributed by atoms with Gasteiger partial charge in [0, 0.05) is 48.5 Å². The number of carbonyl (C=O) groups excluding carboxylic acids is 2.